The highest BCUT2D eigenvalue weighted by Crippen LogP contribution is 2.33. The summed E-state index contributed by atoms with van der Waals surface area (Å²) in [7, 11) is 1.76. The Morgan fingerprint density at radius 3 is 2.52 bits per heavy atom. The SMILES string of the molecule is Bc1c(C)ncn1-c1cc(NC(=O)c2ccc(C)c(Nc3nccc(-c4cccnc4)n3)c2)cc(C(F)(F)F)c1. The average Bonchev–Trinajstić information content (AvgIpc) is 3.27. The summed E-state index contributed by atoms with van der Waals surface area (Å²) in [6, 6.07) is 13.8. The molecular formula is C28H23BF3N7O. The van der Waals surface area contributed by atoms with Gasteiger partial charge in [-0.15, -0.1) is 0 Å². The molecule has 0 aliphatic rings. The third-order valence-electron chi connectivity index (χ3n) is 6.39. The van der Waals surface area contributed by atoms with Gasteiger partial charge in [-0.2, -0.15) is 13.2 Å². The molecule has 5 rings (SSSR count). The second-order valence-electron chi connectivity index (χ2n) is 9.17. The zero-order valence-corrected chi connectivity index (χ0v) is 21.8. The van der Waals surface area contributed by atoms with Crippen molar-refractivity contribution >= 4 is 36.7 Å². The average molecular weight is 541 g/mol. The van der Waals surface area contributed by atoms with Crippen molar-refractivity contribution in [1.82, 2.24) is 24.5 Å². The van der Waals surface area contributed by atoms with Gasteiger partial charge in [0.05, 0.1) is 17.6 Å². The van der Waals surface area contributed by atoms with Gasteiger partial charge in [-0.25, -0.2) is 15.0 Å². The molecule has 1 amide bonds. The molecule has 12 heteroatoms. The molecule has 0 aliphatic carbocycles. The smallest absolute Gasteiger partial charge is 0.324 e. The number of aromatic nitrogens is 5. The van der Waals surface area contributed by atoms with Crippen LogP contribution < -0.4 is 16.2 Å². The first-order valence-electron chi connectivity index (χ1n) is 12.2. The van der Waals surface area contributed by atoms with Crippen molar-refractivity contribution in [2.45, 2.75) is 20.0 Å². The van der Waals surface area contributed by atoms with Crippen LogP contribution >= 0.6 is 0 Å². The lowest BCUT2D eigenvalue weighted by Gasteiger charge is -2.15. The topological polar surface area (TPSA) is 97.6 Å². The molecule has 0 radical (unpaired) electrons. The number of halogens is 3. The molecule has 5 aromatic rings. The zero-order chi connectivity index (χ0) is 28.4. The minimum atomic E-state index is -4.61. The predicted molar refractivity (Wildman–Crippen MR) is 149 cm³/mol. The number of hydrogen-bond acceptors (Lipinski definition) is 6. The van der Waals surface area contributed by atoms with Crippen molar-refractivity contribution in [3.05, 3.63) is 102 Å². The number of pyridine rings is 1. The Labute approximate surface area is 228 Å². The fourth-order valence-electron chi connectivity index (χ4n) is 4.06. The van der Waals surface area contributed by atoms with Gasteiger partial charge in [0, 0.05) is 52.5 Å². The van der Waals surface area contributed by atoms with Crippen LogP contribution in [0.25, 0.3) is 16.9 Å². The van der Waals surface area contributed by atoms with Crippen LogP contribution in [0.5, 0.6) is 0 Å². The Kier molecular flexibility index (Phi) is 7.08. The molecule has 0 bridgehead atoms. The molecule has 0 saturated carbocycles. The molecule has 2 N–H and O–H groups in total. The van der Waals surface area contributed by atoms with Crippen molar-refractivity contribution in [3.63, 3.8) is 0 Å². The summed E-state index contributed by atoms with van der Waals surface area (Å²) in [5.74, 6) is -0.257. The number of nitrogens with zero attached hydrogens (tertiary/aromatic N) is 5. The number of hydrogen-bond donors (Lipinski definition) is 2. The number of imidazole rings is 1. The first-order valence-corrected chi connectivity index (χ1v) is 12.2. The first-order chi connectivity index (χ1) is 19.1. The molecule has 3 aromatic heterocycles. The minimum absolute atomic E-state index is 0.00293. The number of carbonyl (C=O) groups excluding carboxylic acids is 1. The van der Waals surface area contributed by atoms with E-state index in [1.54, 1.807) is 62.2 Å². The van der Waals surface area contributed by atoms with Gasteiger partial charge in [-0.3, -0.25) is 9.78 Å². The van der Waals surface area contributed by atoms with Gasteiger partial charge >= 0.3 is 6.18 Å². The van der Waals surface area contributed by atoms with Gasteiger partial charge in [0.25, 0.3) is 5.91 Å². The van der Waals surface area contributed by atoms with E-state index >= 15 is 0 Å². The minimum Gasteiger partial charge on any atom is -0.324 e. The van der Waals surface area contributed by atoms with Crippen LogP contribution in [0, 0.1) is 13.8 Å². The maximum Gasteiger partial charge on any atom is 0.416 e. The van der Waals surface area contributed by atoms with Crippen molar-refractivity contribution in [3.8, 4) is 16.9 Å². The second kappa shape index (κ2) is 10.6. The Hall–Kier alpha value is -5.00. The van der Waals surface area contributed by atoms with E-state index in [1.807, 2.05) is 19.1 Å². The van der Waals surface area contributed by atoms with Crippen LogP contribution in [0.1, 0.15) is 27.2 Å². The lowest BCUT2D eigenvalue weighted by atomic mass is 10.0. The predicted octanol–water partition coefficient (Wildman–Crippen LogP) is 4.61. The number of benzene rings is 2. The summed E-state index contributed by atoms with van der Waals surface area (Å²) in [6.45, 7) is 3.62. The monoisotopic (exact) mass is 541 g/mol. The number of amides is 1. The summed E-state index contributed by atoms with van der Waals surface area (Å²) in [5.41, 5.74) is 3.86. The summed E-state index contributed by atoms with van der Waals surface area (Å²) in [5, 5.41) is 5.74. The highest BCUT2D eigenvalue weighted by molar-refractivity contribution is 6.32. The van der Waals surface area contributed by atoms with E-state index in [1.165, 1.54) is 12.4 Å². The molecule has 0 unspecified atom stereocenters. The Morgan fingerprint density at radius 2 is 1.82 bits per heavy atom. The fraction of sp³-hybridized carbons (Fsp3) is 0.107. The molecule has 3 heterocycles. The van der Waals surface area contributed by atoms with Crippen molar-refractivity contribution in [2.24, 2.45) is 0 Å². The van der Waals surface area contributed by atoms with Gasteiger partial charge in [-0.1, -0.05) is 6.07 Å². The van der Waals surface area contributed by atoms with E-state index in [4.69, 9.17) is 0 Å². The molecule has 200 valence electrons. The molecule has 0 aliphatic heterocycles. The van der Waals surface area contributed by atoms with Crippen molar-refractivity contribution in [1.29, 1.82) is 0 Å². The number of nitrogens with one attached hydrogen (secondary N) is 2. The standard InChI is InChI=1S/C28H23BF3N7O/c1-16-5-6-18(10-24(16)38-27-34-9-7-23(37-27)19-4-3-8-33-14-19)26(40)36-21-11-20(28(30,31)32)12-22(13-21)39-15-35-17(2)25(39)29/h3-15H,29H2,1-2H3,(H,36,40)(H,34,37,38). The van der Waals surface area contributed by atoms with E-state index in [0.29, 0.717) is 28.6 Å². The molecule has 0 fully saturated rings. The maximum absolute atomic E-state index is 13.7. The quantitative estimate of drug-likeness (QED) is 0.305. The Morgan fingerprint density at radius 1 is 1.00 bits per heavy atom. The largest absolute Gasteiger partial charge is 0.416 e. The zero-order valence-electron chi connectivity index (χ0n) is 21.8. The summed E-state index contributed by atoms with van der Waals surface area (Å²) in [4.78, 5) is 30.2. The lowest BCUT2D eigenvalue weighted by Crippen LogP contribution is -2.19. The number of rotatable bonds is 6. The normalized spacial score (nSPS) is 11.3. The third kappa shape index (κ3) is 5.70. The maximum atomic E-state index is 13.7. The fourth-order valence-corrected chi connectivity index (χ4v) is 4.06. The molecular weight excluding hydrogens is 518 g/mol. The highest BCUT2D eigenvalue weighted by Gasteiger charge is 2.31. The summed E-state index contributed by atoms with van der Waals surface area (Å²) in [6.07, 6.45) is 1.82. The second-order valence-corrected chi connectivity index (χ2v) is 9.17. The van der Waals surface area contributed by atoms with Crippen molar-refractivity contribution < 1.29 is 18.0 Å². The molecule has 0 saturated heterocycles. The Bertz CT molecular complexity index is 1700. The lowest BCUT2D eigenvalue weighted by molar-refractivity contribution is -0.137. The number of carbonyl (C=O) groups is 1. The van der Waals surface area contributed by atoms with Crippen LogP contribution in [0.15, 0.2) is 79.5 Å². The van der Waals surface area contributed by atoms with Crippen LogP contribution in [0.3, 0.4) is 0 Å². The van der Waals surface area contributed by atoms with E-state index < -0.39 is 17.6 Å². The Balaban J connectivity index is 1.42. The highest BCUT2D eigenvalue weighted by atomic mass is 19.4. The molecule has 8 nitrogen and oxygen atoms in total. The van der Waals surface area contributed by atoms with Crippen LogP contribution in [0.4, 0.5) is 30.5 Å². The van der Waals surface area contributed by atoms with Crippen LogP contribution in [0.2, 0.25) is 0 Å². The van der Waals surface area contributed by atoms with Gasteiger partial charge < -0.3 is 15.2 Å². The molecule has 0 spiro atoms. The van der Waals surface area contributed by atoms with Crippen molar-refractivity contribution in [2.75, 3.05) is 10.6 Å². The number of alkyl halides is 3. The van der Waals surface area contributed by atoms with E-state index in [9.17, 15) is 18.0 Å². The van der Waals surface area contributed by atoms with Crippen LogP contribution in [-0.4, -0.2) is 38.3 Å². The summed E-state index contributed by atoms with van der Waals surface area (Å²) < 4.78 is 42.7. The summed E-state index contributed by atoms with van der Waals surface area (Å²) >= 11 is 0. The number of anilines is 3. The van der Waals surface area contributed by atoms with Gasteiger partial charge in [0.15, 0.2) is 7.85 Å². The first kappa shape index (κ1) is 26.6. The molecule has 2 aromatic carbocycles. The van der Waals surface area contributed by atoms with Crippen LogP contribution in [-0.2, 0) is 6.18 Å². The van der Waals surface area contributed by atoms with E-state index in [-0.39, 0.29) is 16.9 Å². The third-order valence-corrected chi connectivity index (χ3v) is 6.39. The number of aryl methyl sites for hydroxylation is 2. The van der Waals surface area contributed by atoms with Gasteiger partial charge in [-0.05, 0) is 73.5 Å². The molecule has 40 heavy (non-hydrogen) atoms. The van der Waals surface area contributed by atoms with Gasteiger partial charge in [0.1, 0.15) is 0 Å². The van der Waals surface area contributed by atoms with E-state index in [2.05, 4.69) is 30.6 Å². The van der Waals surface area contributed by atoms with E-state index in [0.717, 1.165) is 23.3 Å². The van der Waals surface area contributed by atoms with Gasteiger partial charge in [0.2, 0.25) is 5.95 Å². The molecule has 0 atom stereocenters.